The fourth-order valence-electron chi connectivity index (χ4n) is 2.07. The van der Waals surface area contributed by atoms with Crippen molar-refractivity contribution in [2.45, 2.75) is 19.0 Å². The highest BCUT2D eigenvalue weighted by atomic mass is 16.5. The second kappa shape index (κ2) is 7.95. The van der Waals surface area contributed by atoms with E-state index >= 15 is 0 Å². The van der Waals surface area contributed by atoms with Gasteiger partial charge in [0.1, 0.15) is 5.75 Å². The van der Waals surface area contributed by atoms with Gasteiger partial charge in [-0.3, -0.25) is 4.79 Å². The van der Waals surface area contributed by atoms with Crippen LogP contribution < -0.4 is 21.5 Å². The van der Waals surface area contributed by atoms with Crippen LogP contribution in [0, 0.1) is 0 Å². The number of carbonyl (C=O) groups excluding carboxylic acids is 2. The summed E-state index contributed by atoms with van der Waals surface area (Å²) < 4.78 is 4.73. The summed E-state index contributed by atoms with van der Waals surface area (Å²) in [6.07, 6.45) is -0.379. The maximum Gasteiger partial charge on any atom is 0.409 e. The van der Waals surface area contributed by atoms with E-state index in [-0.39, 0.29) is 5.91 Å². The lowest BCUT2D eigenvalue weighted by molar-refractivity contribution is -0.122. The third kappa shape index (κ3) is 5.44. The van der Waals surface area contributed by atoms with Crippen molar-refractivity contribution in [3.05, 3.63) is 65.7 Å². The van der Waals surface area contributed by atoms with Crippen LogP contribution >= 0.6 is 0 Å². The molecule has 0 saturated heterocycles. The maximum absolute atomic E-state index is 12.0. The third-order valence-electron chi connectivity index (χ3n) is 3.24. The molecule has 0 fully saturated rings. The molecule has 6 heteroatoms. The van der Waals surface area contributed by atoms with E-state index in [2.05, 4.69) is 5.32 Å². The molecule has 0 aliphatic heterocycles. The first kappa shape index (κ1) is 16.5. The number of hydrogen-bond acceptors (Lipinski definition) is 4. The summed E-state index contributed by atoms with van der Waals surface area (Å²) in [7, 11) is 0. The molecule has 0 saturated carbocycles. The topological polar surface area (TPSA) is 107 Å². The molecule has 2 rings (SSSR count). The molecule has 6 nitrogen and oxygen atoms in total. The molecule has 0 heterocycles. The smallest absolute Gasteiger partial charge is 0.409 e. The van der Waals surface area contributed by atoms with E-state index in [1.165, 1.54) is 0 Å². The van der Waals surface area contributed by atoms with Gasteiger partial charge < -0.3 is 21.5 Å². The fraction of sp³-hybridized carbons (Fsp3) is 0.176. The first-order valence-corrected chi connectivity index (χ1v) is 7.18. The van der Waals surface area contributed by atoms with Crippen molar-refractivity contribution in [3.63, 3.8) is 0 Å². The van der Waals surface area contributed by atoms with Crippen molar-refractivity contribution in [2.75, 3.05) is 0 Å². The zero-order valence-electron chi connectivity index (χ0n) is 12.6. The Morgan fingerprint density at radius 1 is 1.00 bits per heavy atom. The molecule has 2 amide bonds. The van der Waals surface area contributed by atoms with Gasteiger partial charge in [-0.1, -0.05) is 42.5 Å². The van der Waals surface area contributed by atoms with Gasteiger partial charge in [0, 0.05) is 6.54 Å². The quantitative estimate of drug-likeness (QED) is 0.747. The van der Waals surface area contributed by atoms with Gasteiger partial charge in [0.2, 0.25) is 5.91 Å². The van der Waals surface area contributed by atoms with Crippen LogP contribution in [0.1, 0.15) is 11.1 Å². The molecule has 23 heavy (non-hydrogen) atoms. The number of primary amides is 1. The predicted octanol–water partition coefficient (Wildman–Crippen LogP) is 1.33. The first-order chi connectivity index (χ1) is 11.0. The Labute approximate surface area is 134 Å². The second-order valence-electron chi connectivity index (χ2n) is 5.08. The van der Waals surface area contributed by atoms with Crippen molar-refractivity contribution in [3.8, 4) is 5.75 Å². The standard InChI is InChI=1S/C17H19N3O3/c18-15(10-12-4-2-1-3-5-12)16(21)20-11-13-6-8-14(9-7-13)23-17(19)22/h1-9,15H,10-11,18H2,(H2,19,22)(H,20,21)/t15-/m0/s1. The second-order valence-corrected chi connectivity index (χ2v) is 5.08. The van der Waals surface area contributed by atoms with E-state index in [0.29, 0.717) is 18.7 Å². The average molecular weight is 313 g/mol. The van der Waals surface area contributed by atoms with Gasteiger partial charge in [-0.2, -0.15) is 0 Å². The normalized spacial score (nSPS) is 11.5. The molecule has 5 N–H and O–H groups in total. The van der Waals surface area contributed by atoms with Gasteiger partial charge in [-0.05, 0) is 29.7 Å². The van der Waals surface area contributed by atoms with Crippen LogP contribution in [0.5, 0.6) is 5.75 Å². The number of amides is 2. The molecular formula is C17H19N3O3. The molecule has 120 valence electrons. The van der Waals surface area contributed by atoms with Gasteiger partial charge in [0.25, 0.3) is 0 Å². The lowest BCUT2D eigenvalue weighted by atomic mass is 10.1. The van der Waals surface area contributed by atoms with E-state index in [1.54, 1.807) is 24.3 Å². The van der Waals surface area contributed by atoms with Crippen LogP contribution in [0.3, 0.4) is 0 Å². The number of hydrogen-bond donors (Lipinski definition) is 3. The molecular weight excluding hydrogens is 294 g/mol. The molecule has 0 aliphatic carbocycles. The van der Waals surface area contributed by atoms with Crippen LogP contribution in [-0.2, 0) is 17.8 Å². The molecule has 0 unspecified atom stereocenters. The number of nitrogens with two attached hydrogens (primary N) is 2. The summed E-state index contributed by atoms with van der Waals surface area (Å²) >= 11 is 0. The van der Waals surface area contributed by atoms with E-state index in [9.17, 15) is 9.59 Å². The van der Waals surface area contributed by atoms with Crippen LogP contribution in [-0.4, -0.2) is 18.0 Å². The zero-order valence-corrected chi connectivity index (χ0v) is 12.6. The summed E-state index contributed by atoms with van der Waals surface area (Å²) in [4.78, 5) is 22.6. The van der Waals surface area contributed by atoms with Gasteiger partial charge in [0.15, 0.2) is 0 Å². The molecule has 1 atom stereocenters. The number of nitrogens with one attached hydrogen (secondary N) is 1. The molecule has 0 spiro atoms. The van der Waals surface area contributed by atoms with Crippen LogP contribution in [0.25, 0.3) is 0 Å². The third-order valence-corrected chi connectivity index (χ3v) is 3.24. The summed E-state index contributed by atoms with van der Waals surface area (Å²) in [5.74, 6) is 0.139. The summed E-state index contributed by atoms with van der Waals surface area (Å²) in [5.41, 5.74) is 12.7. The Balaban J connectivity index is 1.82. The Morgan fingerprint density at radius 2 is 1.65 bits per heavy atom. The Morgan fingerprint density at radius 3 is 2.26 bits per heavy atom. The largest absolute Gasteiger partial charge is 0.411 e. The number of carbonyl (C=O) groups is 2. The summed E-state index contributed by atoms with van der Waals surface area (Å²) in [5, 5.41) is 2.78. The summed E-state index contributed by atoms with van der Waals surface area (Å²) in [6.45, 7) is 0.345. The number of rotatable bonds is 6. The molecule has 2 aromatic rings. The van der Waals surface area contributed by atoms with Crippen molar-refractivity contribution >= 4 is 12.0 Å². The van der Waals surface area contributed by atoms with Gasteiger partial charge >= 0.3 is 6.09 Å². The van der Waals surface area contributed by atoms with Crippen molar-refractivity contribution in [2.24, 2.45) is 11.5 Å². The zero-order chi connectivity index (χ0) is 16.7. The van der Waals surface area contributed by atoms with Crippen LogP contribution in [0.2, 0.25) is 0 Å². The molecule has 0 aliphatic rings. The van der Waals surface area contributed by atoms with Crippen molar-refractivity contribution in [1.29, 1.82) is 0 Å². The van der Waals surface area contributed by atoms with Gasteiger partial charge in [-0.25, -0.2) is 4.79 Å². The van der Waals surface area contributed by atoms with Crippen LogP contribution in [0.15, 0.2) is 54.6 Å². The summed E-state index contributed by atoms with van der Waals surface area (Å²) in [6, 6.07) is 15.7. The highest BCUT2D eigenvalue weighted by molar-refractivity contribution is 5.81. The van der Waals surface area contributed by atoms with E-state index in [4.69, 9.17) is 16.2 Å². The predicted molar refractivity (Wildman–Crippen MR) is 86.6 cm³/mol. The Bertz CT molecular complexity index is 657. The van der Waals surface area contributed by atoms with Gasteiger partial charge in [-0.15, -0.1) is 0 Å². The van der Waals surface area contributed by atoms with E-state index < -0.39 is 12.1 Å². The van der Waals surface area contributed by atoms with Crippen molar-refractivity contribution < 1.29 is 14.3 Å². The maximum atomic E-state index is 12.0. The average Bonchev–Trinajstić information content (AvgIpc) is 2.54. The van der Waals surface area contributed by atoms with E-state index in [0.717, 1.165) is 11.1 Å². The minimum Gasteiger partial charge on any atom is -0.411 e. The lowest BCUT2D eigenvalue weighted by Crippen LogP contribution is -2.41. The minimum absolute atomic E-state index is 0.216. The minimum atomic E-state index is -0.863. The Kier molecular flexibility index (Phi) is 5.71. The molecule has 0 aromatic heterocycles. The fourth-order valence-corrected chi connectivity index (χ4v) is 2.07. The Hall–Kier alpha value is -2.86. The highest BCUT2D eigenvalue weighted by Gasteiger charge is 2.13. The molecule has 0 radical (unpaired) electrons. The number of benzene rings is 2. The van der Waals surface area contributed by atoms with Gasteiger partial charge in [0.05, 0.1) is 6.04 Å². The lowest BCUT2D eigenvalue weighted by Gasteiger charge is -2.12. The van der Waals surface area contributed by atoms with E-state index in [1.807, 2.05) is 30.3 Å². The number of ether oxygens (including phenoxy) is 1. The van der Waals surface area contributed by atoms with Crippen molar-refractivity contribution in [1.82, 2.24) is 5.32 Å². The molecule has 2 aromatic carbocycles. The highest BCUT2D eigenvalue weighted by Crippen LogP contribution is 2.12. The molecule has 0 bridgehead atoms. The first-order valence-electron chi connectivity index (χ1n) is 7.18. The SMILES string of the molecule is NC(=O)Oc1ccc(CNC(=O)[C@@H](N)Cc2ccccc2)cc1. The van der Waals surface area contributed by atoms with Crippen LogP contribution in [0.4, 0.5) is 4.79 Å². The monoisotopic (exact) mass is 313 g/mol.